The minimum Gasteiger partial charge on any atom is -0.338 e. The van der Waals surface area contributed by atoms with Gasteiger partial charge in [-0.1, -0.05) is 0 Å². The summed E-state index contributed by atoms with van der Waals surface area (Å²) in [4.78, 5) is 9.05. The van der Waals surface area contributed by atoms with Crippen molar-refractivity contribution in [1.82, 2.24) is 19.7 Å². The average molecular weight is 401 g/mol. The normalized spacial score (nSPS) is 11.8. The van der Waals surface area contributed by atoms with Crippen LogP contribution in [0.3, 0.4) is 0 Å². The van der Waals surface area contributed by atoms with Crippen molar-refractivity contribution >= 4 is 22.5 Å². The maximum atomic E-state index is 13.3. The van der Waals surface area contributed by atoms with Gasteiger partial charge in [-0.05, 0) is 55.5 Å². The van der Waals surface area contributed by atoms with Crippen LogP contribution in [-0.2, 0) is 13.2 Å². The van der Waals surface area contributed by atoms with Gasteiger partial charge in [0.15, 0.2) is 11.6 Å². The summed E-state index contributed by atoms with van der Waals surface area (Å²) in [7, 11) is 1.73. The van der Waals surface area contributed by atoms with Gasteiger partial charge < -0.3 is 5.32 Å². The number of aryl methyl sites for hydroxylation is 2. The van der Waals surface area contributed by atoms with Crippen molar-refractivity contribution in [2.24, 2.45) is 7.05 Å². The van der Waals surface area contributed by atoms with Crippen LogP contribution in [0.4, 0.5) is 29.1 Å². The second kappa shape index (κ2) is 6.84. The van der Waals surface area contributed by atoms with E-state index in [0.29, 0.717) is 39.6 Å². The number of fused-ring (bicyclic) bond motifs is 1. The van der Waals surface area contributed by atoms with E-state index in [1.54, 1.807) is 30.8 Å². The lowest BCUT2D eigenvalue weighted by atomic mass is 10.2. The largest absolute Gasteiger partial charge is 0.416 e. The van der Waals surface area contributed by atoms with Crippen LogP contribution in [0.5, 0.6) is 0 Å². The highest BCUT2D eigenvalue weighted by Crippen LogP contribution is 2.32. The molecular formula is C20H15F4N5. The Morgan fingerprint density at radius 3 is 2.21 bits per heavy atom. The molecule has 2 aromatic heterocycles. The van der Waals surface area contributed by atoms with Crippen molar-refractivity contribution in [3.8, 4) is 11.4 Å². The first-order valence-electron chi connectivity index (χ1n) is 8.64. The van der Waals surface area contributed by atoms with Gasteiger partial charge in [0.25, 0.3) is 0 Å². The SMILES string of the molecule is Cc1nn(C)c2c(Nc3ccc(C(F)(F)F)cc3)nc(-c3ccc(F)cc3)nc12. The lowest BCUT2D eigenvalue weighted by molar-refractivity contribution is -0.137. The molecule has 5 nitrogen and oxygen atoms in total. The molecule has 9 heteroatoms. The van der Waals surface area contributed by atoms with Crippen LogP contribution in [0, 0.1) is 12.7 Å². The Hall–Kier alpha value is -3.49. The molecule has 0 atom stereocenters. The first-order chi connectivity index (χ1) is 13.7. The minimum absolute atomic E-state index is 0.350. The first kappa shape index (κ1) is 18.9. The van der Waals surface area contributed by atoms with Crippen LogP contribution in [0.1, 0.15) is 11.3 Å². The quantitative estimate of drug-likeness (QED) is 0.477. The molecule has 0 aliphatic heterocycles. The zero-order valence-corrected chi connectivity index (χ0v) is 15.4. The Kier molecular flexibility index (Phi) is 4.45. The Morgan fingerprint density at radius 1 is 0.931 bits per heavy atom. The summed E-state index contributed by atoms with van der Waals surface area (Å²) in [5, 5.41) is 7.40. The van der Waals surface area contributed by atoms with Gasteiger partial charge in [0.05, 0.1) is 11.3 Å². The zero-order valence-electron chi connectivity index (χ0n) is 15.4. The van der Waals surface area contributed by atoms with Gasteiger partial charge >= 0.3 is 6.18 Å². The summed E-state index contributed by atoms with van der Waals surface area (Å²) in [5.41, 5.74) is 2.17. The smallest absolute Gasteiger partial charge is 0.338 e. The molecule has 29 heavy (non-hydrogen) atoms. The zero-order chi connectivity index (χ0) is 20.8. The Balaban J connectivity index is 1.81. The fraction of sp³-hybridized carbons (Fsp3) is 0.150. The van der Waals surface area contributed by atoms with Crippen molar-refractivity contribution < 1.29 is 17.6 Å². The molecule has 0 aliphatic rings. The molecule has 0 bridgehead atoms. The summed E-state index contributed by atoms with van der Waals surface area (Å²) in [6, 6.07) is 10.4. The number of alkyl halides is 3. The maximum absolute atomic E-state index is 13.3. The number of halogens is 4. The van der Waals surface area contributed by atoms with E-state index in [1.807, 2.05) is 0 Å². The number of nitrogens with zero attached hydrogens (tertiary/aromatic N) is 4. The van der Waals surface area contributed by atoms with Gasteiger partial charge in [-0.3, -0.25) is 4.68 Å². The number of benzene rings is 2. The van der Waals surface area contributed by atoms with Gasteiger partial charge in [-0.15, -0.1) is 0 Å². The Bertz CT molecular complexity index is 1180. The molecule has 2 aromatic carbocycles. The van der Waals surface area contributed by atoms with Crippen LogP contribution in [0.2, 0.25) is 0 Å². The summed E-state index contributed by atoms with van der Waals surface area (Å²) in [5.74, 6) is 0.357. The Labute approximate surface area is 163 Å². The minimum atomic E-state index is -4.41. The topological polar surface area (TPSA) is 55.6 Å². The van der Waals surface area contributed by atoms with E-state index < -0.39 is 11.7 Å². The summed E-state index contributed by atoms with van der Waals surface area (Å²) < 4.78 is 53.3. The summed E-state index contributed by atoms with van der Waals surface area (Å²) in [6.45, 7) is 1.80. The van der Waals surface area contributed by atoms with E-state index in [0.717, 1.165) is 12.1 Å². The lowest BCUT2D eigenvalue weighted by Crippen LogP contribution is -2.05. The molecule has 0 saturated heterocycles. The van der Waals surface area contributed by atoms with Crippen LogP contribution in [0.15, 0.2) is 48.5 Å². The second-order valence-corrected chi connectivity index (χ2v) is 6.51. The molecule has 0 unspecified atom stereocenters. The van der Waals surface area contributed by atoms with Gasteiger partial charge in [-0.2, -0.15) is 18.3 Å². The second-order valence-electron chi connectivity index (χ2n) is 6.51. The molecule has 0 aliphatic carbocycles. The summed E-state index contributed by atoms with van der Waals surface area (Å²) in [6.07, 6.45) is -4.41. The highest BCUT2D eigenvalue weighted by Gasteiger charge is 2.30. The van der Waals surface area contributed by atoms with E-state index in [9.17, 15) is 17.6 Å². The Morgan fingerprint density at radius 2 is 1.59 bits per heavy atom. The predicted molar refractivity (Wildman–Crippen MR) is 101 cm³/mol. The third-order valence-corrected chi connectivity index (χ3v) is 4.43. The van der Waals surface area contributed by atoms with Crippen molar-refractivity contribution in [2.45, 2.75) is 13.1 Å². The van der Waals surface area contributed by atoms with Crippen LogP contribution >= 0.6 is 0 Å². The predicted octanol–water partition coefficient (Wildman–Crippen LogP) is 5.24. The fourth-order valence-corrected chi connectivity index (χ4v) is 3.03. The third kappa shape index (κ3) is 3.63. The van der Waals surface area contributed by atoms with Gasteiger partial charge in [0, 0.05) is 18.3 Å². The average Bonchev–Trinajstić information content (AvgIpc) is 2.96. The van der Waals surface area contributed by atoms with Gasteiger partial charge in [0.2, 0.25) is 0 Å². The molecule has 4 rings (SSSR count). The van der Waals surface area contributed by atoms with Crippen molar-refractivity contribution in [2.75, 3.05) is 5.32 Å². The molecule has 2 heterocycles. The molecule has 0 radical (unpaired) electrons. The van der Waals surface area contributed by atoms with Gasteiger partial charge in [0.1, 0.15) is 16.9 Å². The van der Waals surface area contributed by atoms with E-state index in [-0.39, 0.29) is 5.82 Å². The number of anilines is 2. The summed E-state index contributed by atoms with van der Waals surface area (Å²) >= 11 is 0. The van der Waals surface area contributed by atoms with Crippen molar-refractivity contribution in [3.63, 3.8) is 0 Å². The molecular weight excluding hydrogens is 386 g/mol. The number of hydrogen-bond donors (Lipinski definition) is 1. The molecule has 1 N–H and O–H groups in total. The highest BCUT2D eigenvalue weighted by molar-refractivity contribution is 5.91. The van der Waals surface area contributed by atoms with E-state index in [1.165, 1.54) is 24.3 Å². The molecule has 4 aromatic rings. The molecule has 0 amide bonds. The first-order valence-corrected chi connectivity index (χ1v) is 8.64. The molecule has 148 valence electrons. The van der Waals surface area contributed by atoms with Crippen LogP contribution in [0.25, 0.3) is 22.4 Å². The highest BCUT2D eigenvalue weighted by atomic mass is 19.4. The number of aromatic nitrogens is 4. The molecule has 0 saturated carbocycles. The monoisotopic (exact) mass is 401 g/mol. The van der Waals surface area contributed by atoms with E-state index in [4.69, 9.17) is 0 Å². The van der Waals surface area contributed by atoms with Crippen LogP contribution < -0.4 is 5.32 Å². The van der Waals surface area contributed by atoms with E-state index in [2.05, 4.69) is 20.4 Å². The number of nitrogens with one attached hydrogen (secondary N) is 1. The van der Waals surface area contributed by atoms with Crippen LogP contribution in [-0.4, -0.2) is 19.7 Å². The third-order valence-electron chi connectivity index (χ3n) is 4.43. The van der Waals surface area contributed by atoms with Crippen molar-refractivity contribution in [3.05, 3.63) is 65.6 Å². The van der Waals surface area contributed by atoms with Gasteiger partial charge in [-0.25, -0.2) is 14.4 Å². The maximum Gasteiger partial charge on any atom is 0.416 e. The van der Waals surface area contributed by atoms with Crippen molar-refractivity contribution in [1.29, 1.82) is 0 Å². The number of rotatable bonds is 3. The molecule has 0 spiro atoms. The molecule has 0 fully saturated rings. The standard InChI is InChI=1S/C20H15F4N5/c1-11-16-17(29(2)28-11)19(25-15-9-5-13(6-10-15)20(22,23)24)27-18(26-16)12-3-7-14(21)8-4-12/h3-10H,1-2H3,(H,25,26,27). The number of hydrogen-bond acceptors (Lipinski definition) is 4. The lowest BCUT2D eigenvalue weighted by Gasteiger charge is -2.11. The van der Waals surface area contributed by atoms with E-state index >= 15 is 0 Å². The fourth-order valence-electron chi connectivity index (χ4n) is 3.03.